The van der Waals surface area contributed by atoms with Gasteiger partial charge in [-0.05, 0) is 23.3 Å². The van der Waals surface area contributed by atoms with Crippen molar-refractivity contribution < 1.29 is 4.79 Å². The molecule has 2 heterocycles. The third-order valence-corrected chi connectivity index (χ3v) is 3.74. The summed E-state index contributed by atoms with van der Waals surface area (Å²) in [6, 6.07) is 11.5. The van der Waals surface area contributed by atoms with Crippen LogP contribution in [-0.4, -0.2) is 22.8 Å². The first-order valence-corrected chi connectivity index (χ1v) is 6.77. The highest BCUT2D eigenvalue weighted by Crippen LogP contribution is 2.26. The number of nitrogens with one attached hydrogen (secondary N) is 1. The number of benzene rings is 1. The average molecular weight is 288 g/mol. The Morgan fingerprint density at radius 2 is 1.85 bits per heavy atom. The topological polar surface area (TPSA) is 45.2 Å². The highest BCUT2D eigenvalue weighted by atomic mass is 35.5. The van der Waals surface area contributed by atoms with Crippen LogP contribution in [0.25, 0.3) is 0 Å². The van der Waals surface area contributed by atoms with Crippen molar-refractivity contribution in [3.8, 4) is 0 Å². The zero-order chi connectivity index (χ0) is 14.1. The molecule has 20 heavy (non-hydrogen) atoms. The second kappa shape index (κ2) is 5.13. The number of pyridine rings is 1. The van der Waals surface area contributed by atoms with Gasteiger partial charge in [0.05, 0.1) is 5.02 Å². The van der Waals surface area contributed by atoms with E-state index in [1.165, 1.54) is 11.1 Å². The standard InChI is InChI=1S/C15H14ClN3O/c1-17-13-7-6-12(16)14(18-13)15(20)19-8-10-4-2-3-5-11(10)9-19/h2-7H,8-9H2,1H3,(H,17,18). The lowest BCUT2D eigenvalue weighted by Crippen LogP contribution is -2.26. The van der Waals surface area contributed by atoms with Crippen molar-refractivity contribution in [1.82, 2.24) is 9.88 Å². The second-order valence-corrected chi connectivity index (χ2v) is 5.11. The Labute approximate surface area is 122 Å². The monoisotopic (exact) mass is 287 g/mol. The van der Waals surface area contributed by atoms with Gasteiger partial charge >= 0.3 is 0 Å². The minimum absolute atomic E-state index is 0.136. The number of hydrogen-bond donors (Lipinski definition) is 1. The summed E-state index contributed by atoms with van der Waals surface area (Å²) in [5, 5.41) is 3.30. The van der Waals surface area contributed by atoms with E-state index in [1.54, 1.807) is 24.1 Å². The van der Waals surface area contributed by atoms with Crippen LogP contribution >= 0.6 is 11.6 Å². The van der Waals surface area contributed by atoms with Crippen LogP contribution in [0.4, 0.5) is 5.82 Å². The Hall–Kier alpha value is -2.07. The average Bonchev–Trinajstić information content (AvgIpc) is 2.91. The zero-order valence-corrected chi connectivity index (χ0v) is 11.8. The molecule has 0 bridgehead atoms. The number of nitrogens with zero attached hydrogens (tertiary/aromatic N) is 2. The number of hydrogen-bond acceptors (Lipinski definition) is 3. The summed E-state index contributed by atoms with van der Waals surface area (Å²) in [6.45, 7) is 1.22. The van der Waals surface area contributed by atoms with E-state index < -0.39 is 0 Å². The number of rotatable bonds is 2. The molecule has 0 radical (unpaired) electrons. The van der Waals surface area contributed by atoms with Gasteiger partial charge in [-0.3, -0.25) is 4.79 Å². The molecule has 0 spiro atoms. The molecule has 3 rings (SSSR count). The fourth-order valence-corrected chi connectivity index (χ4v) is 2.54. The molecular formula is C15H14ClN3O. The van der Waals surface area contributed by atoms with Gasteiger partial charge in [0.1, 0.15) is 11.5 Å². The van der Waals surface area contributed by atoms with Gasteiger partial charge in [-0.1, -0.05) is 35.9 Å². The van der Waals surface area contributed by atoms with Crippen molar-refractivity contribution in [2.45, 2.75) is 13.1 Å². The van der Waals surface area contributed by atoms with Gasteiger partial charge in [0.25, 0.3) is 5.91 Å². The van der Waals surface area contributed by atoms with Crippen LogP contribution in [0, 0.1) is 0 Å². The van der Waals surface area contributed by atoms with Gasteiger partial charge < -0.3 is 10.2 Å². The van der Waals surface area contributed by atoms with E-state index in [4.69, 9.17) is 11.6 Å². The summed E-state index contributed by atoms with van der Waals surface area (Å²) in [5.41, 5.74) is 2.66. The smallest absolute Gasteiger partial charge is 0.274 e. The number of aromatic nitrogens is 1. The molecule has 0 aliphatic carbocycles. The Morgan fingerprint density at radius 1 is 1.20 bits per heavy atom. The van der Waals surface area contributed by atoms with Crippen molar-refractivity contribution in [2.75, 3.05) is 12.4 Å². The first-order chi connectivity index (χ1) is 9.69. The zero-order valence-electron chi connectivity index (χ0n) is 11.1. The Balaban J connectivity index is 1.88. The molecule has 0 saturated carbocycles. The number of fused-ring (bicyclic) bond motifs is 1. The molecule has 0 fully saturated rings. The first kappa shape index (κ1) is 12.9. The third kappa shape index (κ3) is 2.23. The molecule has 1 aliphatic heterocycles. The van der Waals surface area contributed by atoms with Crippen LogP contribution in [0.3, 0.4) is 0 Å². The molecule has 1 aliphatic rings. The normalized spacial score (nSPS) is 13.2. The van der Waals surface area contributed by atoms with Gasteiger partial charge in [-0.2, -0.15) is 0 Å². The minimum atomic E-state index is -0.136. The maximum absolute atomic E-state index is 12.6. The van der Waals surface area contributed by atoms with E-state index >= 15 is 0 Å². The Bertz CT molecular complexity index is 647. The predicted molar refractivity (Wildman–Crippen MR) is 78.8 cm³/mol. The molecular weight excluding hydrogens is 274 g/mol. The van der Waals surface area contributed by atoms with Gasteiger partial charge in [0.15, 0.2) is 0 Å². The molecule has 0 unspecified atom stereocenters. The van der Waals surface area contributed by atoms with Crippen LogP contribution in [0.1, 0.15) is 21.6 Å². The lowest BCUT2D eigenvalue weighted by Gasteiger charge is -2.16. The summed E-state index contributed by atoms with van der Waals surface area (Å²) in [5.74, 6) is 0.498. The molecule has 102 valence electrons. The van der Waals surface area contributed by atoms with E-state index in [1.807, 2.05) is 24.3 Å². The Morgan fingerprint density at radius 3 is 2.45 bits per heavy atom. The van der Waals surface area contributed by atoms with Crippen LogP contribution in [0.2, 0.25) is 5.02 Å². The number of carbonyl (C=O) groups is 1. The number of carbonyl (C=O) groups excluding carboxylic acids is 1. The lowest BCUT2D eigenvalue weighted by molar-refractivity contribution is 0.0746. The van der Waals surface area contributed by atoms with Crippen LogP contribution in [0.5, 0.6) is 0 Å². The van der Waals surface area contributed by atoms with E-state index in [2.05, 4.69) is 10.3 Å². The Kier molecular flexibility index (Phi) is 3.32. The van der Waals surface area contributed by atoms with Gasteiger partial charge in [0.2, 0.25) is 0 Å². The largest absolute Gasteiger partial charge is 0.373 e. The summed E-state index contributed by atoms with van der Waals surface area (Å²) in [7, 11) is 1.76. The maximum Gasteiger partial charge on any atom is 0.274 e. The fourth-order valence-electron chi connectivity index (χ4n) is 2.36. The van der Waals surface area contributed by atoms with Crippen LogP contribution in [-0.2, 0) is 13.1 Å². The predicted octanol–water partition coefficient (Wildman–Crippen LogP) is 2.93. The molecule has 0 saturated heterocycles. The van der Waals surface area contributed by atoms with Crippen molar-refractivity contribution >= 4 is 23.3 Å². The number of amides is 1. The van der Waals surface area contributed by atoms with E-state index in [-0.39, 0.29) is 5.91 Å². The van der Waals surface area contributed by atoms with Crippen molar-refractivity contribution in [2.24, 2.45) is 0 Å². The van der Waals surface area contributed by atoms with Gasteiger partial charge in [0, 0.05) is 20.1 Å². The molecule has 2 aromatic rings. The van der Waals surface area contributed by atoms with E-state index in [9.17, 15) is 4.79 Å². The first-order valence-electron chi connectivity index (χ1n) is 6.39. The van der Waals surface area contributed by atoms with E-state index in [0.717, 1.165) is 0 Å². The van der Waals surface area contributed by atoms with E-state index in [0.29, 0.717) is 29.6 Å². The highest BCUT2D eigenvalue weighted by molar-refractivity contribution is 6.33. The highest BCUT2D eigenvalue weighted by Gasteiger charge is 2.26. The molecule has 5 heteroatoms. The molecule has 1 N–H and O–H groups in total. The molecule has 1 aromatic heterocycles. The summed E-state index contributed by atoms with van der Waals surface area (Å²) in [4.78, 5) is 18.6. The third-order valence-electron chi connectivity index (χ3n) is 3.43. The molecule has 0 atom stereocenters. The van der Waals surface area contributed by atoms with Crippen LogP contribution < -0.4 is 5.32 Å². The summed E-state index contributed by atoms with van der Waals surface area (Å²) >= 11 is 6.10. The summed E-state index contributed by atoms with van der Waals surface area (Å²) < 4.78 is 0. The number of halogens is 1. The summed E-state index contributed by atoms with van der Waals surface area (Å²) in [6.07, 6.45) is 0. The fraction of sp³-hybridized carbons (Fsp3) is 0.200. The lowest BCUT2D eigenvalue weighted by atomic mass is 10.1. The quantitative estimate of drug-likeness (QED) is 0.924. The van der Waals surface area contributed by atoms with Crippen LogP contribution in [0.15, 0.2) is 36.4 Å². The second-order valence-electron chi connectivity index (χ2n) is 4.71. The SMILES string of the molecule is CNc1ccc(Cl)c(C(=O)N2Cc3ccccc3C2)n1. The molecule has 1 aromatic carbocycles. The van der Waals surface area contributed by atoms with Crippen molar-refractivity contribution in [3.05, 3.63) is 58.2 Å². The maximum atomic E-state index is 12.6. The van der Waals surface area contributed by atoms with Crippen molar-refractivity contribution in [3.63, 3.8) is 0 Å². The van der Waals surface area contributed by atoms with Gasteiger partial charge in [-0.15, -0.1) is 0 Å². The van der Waals surface area contributed by atoms with Gasteiger partial charge in [-0.25, -0.2) is 4.98 Å². The van der Waals surface area contributed by atoms with Crippen molar-refractivity contribution in [1.29, 1.82) is 0 Å². The molecule has 4 nitrogen and oxygen atoms in total. The minimum Gasteiger partial charge on any atom is -0.373 e. The molecule has 1 amide bonds. The number of anilines is 1.